The van der Waals surface area contributed by atoms with E-state index < -0.39 is 16.8 Å². The number of aromatic nitrogens is 4. The molecule has 0 fully saturated rings. The van der Waals surface area contributed by atoms with Crippen molar-refractivity contribution in [2.45, 2.75) is 13.8 Å². The van der Waals surface area contributed by atoms with E-state index >= 15 is 0 Å². The van der Waals surface area contributed by atoms with E-state index in [1.54, 1.807) is 6.20 Å². The average molecular weight is 286 g/mol. The molecule has 0 N–H and O–H groups in total. The number of aryl methyl sites for hydroxylation is 3. The second kappa shape index (κ2) is 4.15. The average Bonchev–Trinajstić information content (AvgIpc) is 2.43. The van der Waals surface area contributed by atoms with E-state index in [0.717, 1.165) is 15.7 Å². The zero-order chi connectivity index (χ0) is 15.5. The molecule has 108 valence electrons. The predicted molar refractivity (Wildman–Crippen MR) is 78.9 cm³/mol. The first kappa shape index (κ1) is 13.3. The Kier molecular flexibility index (Phi) is 2.62. The normalized spacial score (nSPS) is 11.4. The van der Waals surface area contributed by atoms with E-state index in [1.807, 2.05) is 19.9 Å². The van der Waals surface area contributed by atoms with E-state index in [1.165, 1.54) is 23.1 Å². The monoisotopic (exact) mass is 286 g/mol. The van der Waals surface area contributed by atoms with Gasteiger partial charge in [-0.15, -0.1) is 0 Å². The molecule has 0 amide bonds. The summed E-state index contributed by atoms with van der Waals surface area (Å²) in [6.45, 7) is 3.70. The third-order valence-corrected chi connectivity index (χ3v) is 3.64. The van der Waals surface area contributed by atoms with Crippen molar-refractivity contribution in [1.29, 1.82) is 0 Å². The molecule has 0 aliphatic rings. The predicted octanol–water partition coefficient (Wildman–Crippen LogP) is -0.138. The molecular formula is C14H14N4O3. The Morgan fingerprint density at radius 1 is 0.952 bits per heavy atom. The van der Waals surface area contributed by atoms with Crippen LogP contribution in [0.15, 0.2) is 26.6 Å². The van der Waals surface area contributed by atoms with Gasteiger partial charge in [0.25, 0.3) is 11.1 Å². The highest BCUT2D eigenvalue weighted by Crippen LogP contribution is 2.10. The summed E-state index contributed by atoms with van der Waals surface area (Å²) in [5, 5.41) is -0.0814. The zero-order valence-electron chi connectivity index (χ0n) is 12.2. The number of hydrogen-bond donors (Lipinski definition) is 0. The van der Waals surface area contributed by atoms with Crippen LogP contribution in [0.4, 0.5) is 0 Å². The number of rotatable bonds is 0. The van der Waals surface area contributed by atoms with E-state index in [0.29, 0.717) is 5.65 Å². The van der Waals surface area contributed by atoms with Gasteiger partial charge in [-0.3, -0.25) is 23.1 Å². The van der Waals surface area contributed by atoms with Gasteiger partial charge in [-0.2, -0.15) is 0 Å². The van der Waals surface area contributed by atoms with Crippen molar-refractivity contribution in [3.05, 3.63) is 54.6 Å². The molecule has 3 aromatic rings. The largest absolute Gasteiger partial charge is 0.332 e. The first-order valence-electron chi connectivity index (χ1n) is 6.42. The van der Waals surface area contributed by atoms with Crippen molar-refractivity contribution in [1.82, 2.24) is 18.5 Å². The van der Waals surface area contributed by atoms with Gasteiger partial charge in [-0.05, 0) is 25.0 Å². The highest BCUT2D eigenvalue weighted by Gasteiger charge is 2.16. The molecule has 0 aliphatic carbocycles. The van der Waals surface area contributed by atoms with Crippen LogP contribution < -0.4 is 16.8 Å². The van der Waals surface area contributed by atoms with Crippen molar-refractivity contribution >= 4 is 16.7 Å². The maximum atomic E-state index is 12.6. The van der Waals surface area contributed by atoms with Crippen molar-refractivity contribution in [3.63, 3.8) is 0 Å². The molecule has 7 nitrogen and oxygen atoms in total. The van der Waals surface area contributed by atoms with Gasteiger partial charge in [0.2, 0.25) is 0 Å². The summed E-state index contributed by atoms with van der Waals surface area (Å²) < 4.78 is 3.50. The highest BCUT2D eigenvalue weighted by atomic mass is 16.2. The van der Waals surface area contributed by atoms with Gasteiger partial charge >= 0.3 is 5.69 Å². The minimum Gasteiger partial charge on any atom is -0.280 e. The van der Waals surface area contributed by atoms with Crippen molar-refractivity contribution < 1.29 is 0 Å². The van der Waals surface area contributed by atoms with Crippen LogP contribution in [-0.4, -0.2) is 18.5 Å². The zero-order valence-corrected chi connectivity index (χ0v) is 12.2. The van der Waals surface area contributed by atoms with E-state index in [-0.39, 0.29) is 11.0 Å². The second-order valence-corrected chi connectivity index (χ2v) is 5.22. The summed E-state index contributed by atoms with van der Waals surface area (Å²) >= 11 is 0. The number of hydrogen-bond acceptors (Lipinski definition) is 4. The lowest BCUT2D eigenvalue weighted by molar-refractivity contribution is 0.705. The molecular weight excluding hydrogens is 272 g/mol. The molecule has 3 rings (SSSR count). The molecule has 7 heteroatoms. The lowest BCUT2D eigenvalue weighted by atomic mass is 10.2. The number of pyridine rings is 1. The third kappa shape index (κ3) is 1.67. The van der Waals surface area contributed by atoms with E-state index in [9.17, 15) is 14.4 Å². The summed E-state index contributed by atoms with van der Waals surface area (Å²) in [6.07, 6.45) is 1.64. The van der Waals surface area contributed by atoms with Crippen LogP contribution >= 0.6 is 0 Å². The van der Waals surface area contributed by atoms with Crippen LogP contribution in [0.1, 0.15) is 11.1 Å². The summed E-state index contributed by atoms with van der Waals surface area (Å²) in [5.74, 6) is 0. The highest BCUT2D eigenvalue weighted by molar-refractivity contribution is 5.75. The van der Waals surface area contributed by atoms with Gasteiger partial charge in [0.15, 0.2) is 5.65 Å². The molecule has 0 saturated carbocycles. The first-order chi connectivity index (χ1) is 9.82. The lowest BCUT2D eigenvalue weighted by Gasteiger charge is -2.10. The molecule has 3 heterocycles. The molecule has 21 heavy (non-hydrogen) atoms. The maximum absolute atomic E-state index is 12.6. The summed E-state index contributed by atoms with van der Waals surface area (Å²) in [6, 6.07) is 1.90. The maximum Gasteiger partial charge on any atom is 0.332 e. The minimum atomic E-state index is -0.626. The number of fused-ring (bicyclic) bond motifs is 2. The fourth-order valence-electron chi connectivity index (χ4n) is 2.57. The van der Waals surface area contributed by atoms with E-state index in [2.05, 4.69) is 4.98 Å². The molecule has 0 radical (unpaired) electrons. The fraction of sp³-hybridized carbons (Fsp3) is 0.286. The Hall–Kier alpha value is -2.70. The Morgan fingerprint density at radius 2 is 1.62 bits per heavy atom. The lowest BCUT2D eigenvalue weighted by Crippen LogP contribution is -2.40. The van der Waals surface area contributed by atoms with Crippen molar-refractivity contribution in [2.24, 2.45) is 14.1 Å². The van der Waals surface area contributed by atoms with Gasteiger partial charge in [-0.25, -0.2) is 9.78 Å². The molecule has 0 saturated heterocycles. The quantitative estimate of drug-likeness (QED) is 0.539. The Morgan fingerprint density at radius 3 is 2.29 bits per heavy atom. The summed E-state index contributed by atoms with van der Waals surface area (Å²) in [4.78, 5) is 41.2. The molecule has 0 atom stereocenters. The molecule has 0 bridgehead atoms. The Bertz CT molecular complexity index is 1090. The van der Waals surface area contributed by atoms with Gasteiger partial charge in [0, 0.05) is 20.3 Å². The Labute approximate surface area is 118 Å². The van der Waals surface area contributed by atoms with Crippen LogP contribution in [-0.2, 0) is 14.1 Å². The summed E-state index contributed by atoms with van der Waals surface area (Å²) in [5.41, 5.74) is 0.666. The SMILES string of the molecule is Cc1cc(C)c2nc3c(c(=O)n(C)c(=O)n3C)c(=O)n2c1. The van der Waals surface area contributed by atoms with Gasteiger partial charge < -0.3 is 0 Å². The van der Waals surface area contributed by atoms with Gasteiger partial charge in [-0.1, -0.05) is 6.07 Å². The summed E-state index contributed by atoms with van der Waals surface area (Å²) in [7, 11) is 2.84. The van der Waals surface area contributed by atoms with Crippen LogP contribution in [0.3, 0.4) is 0 Å². The molecule has 0 spiro atoms. The minimum absolute atomic E-state index is 0.0814. The molecule has 0 aromatic carbocycles. The van der Waals surface area contributed by atoms with E-state index in [4.69, 9.17) is 0 Å². The van der Waals surface area contributed by atoms with Crippen LogP contribution in [0.5, 0.6) is 0 Å². The standard InChI is InChI=1S/C14H14N4O3/c1-7-5-8(2)10-15-11-9(13(20)18(10)6-7)12(19)17(4)14(21)16(11)3/h5-6H,1-4H3. The molecule has 0 unspecified atom stereocenters. The van der Waals surface area contributed by atoms with Crippen LogP contribution in [0.2, 0.25) is 0 Å². The van der Waals surface area contributed by atoms with Gasteiger partial charge in [0.05, 0.1) is 0 Å². The van der Waals surface area contributed by atoms with Gasteiger partial charge in [0.1, 0.15) is 11.0 Å². The second-order valence-electron chi connectivity index (χ2n) is 5.22. The Balaban J connectivity index is 2.78. The third-order valence-electron chi connectivity index (χ3n) is 3.64. The topological polar surface area (TPSA) is 78.4 Å². The molecule has 3 aromatic heterocycles. The first-order valence-corrected chi connectivity index (χ1v) is 6.42. The van der Waals surface area contributed by atoms with Crippen molar-refractivity contribution in [3.8, 4) is 0 Å². The van der Waals surface area contributed by atoms with Crippen LogP contribution in [0.25, 0.3) is 16.7 Å². The fourth-order valence-corrected chi connectivity index (χ4v) is 2.57. The van der Waals surface area contributed by atoms with Crippen molar-refractivity contribution in [2.75, 3.05) is 0 Å². The van der Waals surface area contributed by atoms with Crippen LogP contribution in [0, 0.1) is 13.8 Å². The number of nitrogens with zero attached hydrogens (tertiary/aromatic N) is 4. The molecule has 0 aliphatic heterocycles. The smallest absolute Gasteiger partial charge is 0.280 e.